The molecule has 1 aromatic heterocycles. The van der Waals surface area contributed by atoms with Crippen LogP contribution in [0.3, 0.4) is 0 Å². The van der Waals surface area contributed by atoms with Crippen LogP contribution in [0.1, 0.15) is 5.56 Å². The Morgan fingerprint density at radius 2 is 2.05 bits per heavy atom. The second-order valence-corrected chi connectivity index (χ2v) is 4.31. The van der Waals surface area contributed by atoms with E-state index in [1.807, 2.05) is 6.07 Å². The number of rotatable bonds is 4. The van der Waals surface area contributed by atoms with Crippen LogP contribution < -0.4 is 5.43 Å². The highest BCUT2D eigenvalue weighted by Gasteiger charge is 2.03. The summed E-state index contributed by atoms with van der Waals surface area (Å²) in [6, 6.07) is 9.66. The third-order valence-corrected chi connectivity index (χ3v) is 2.90. The Kier molecular flexibility index (Phi) is 4.19. The molecule has 1 heterocycles. The molecule has 0 aliphatic rings. The molecule has 0 amide bonds. The number of hydrazone groups is 1. The summed E-state index contributed by atoms with van der Waals surface area (Å²) in [5, 5.41) is 14.6. The van der Waals surface area contributed by atoms with Crippen molar-refractivity contribution in [3.05, 3.63) is 64.5 Å². The summed E-state index contributed by atoms with van der Waals surface area (Å²) in [6.07, 6.45) is 3.35. The number of nitro groups is 1. The molecule has 0 saturated carbocycles. The highest BCUT2D eigenvalue weighted by molar-refractivity contribution is 9.18. The first-order valence-corrected chi connectivity index (χ1v) is 6.10. The number of benzene rings is 1. The molecule has 1 N–H and O–H groups in total. The molecule has 0 saturated heterocycles. The van der Waals surface area contributed by atoms with E-state index in [0.717, 1.165) is 5.56 Å². The first kappa shape index (κ1) is 13.2. The number of aromatic nitrogens is 1. The average Bonchev–Trinajstić information content (AvgIpc) is 2.46. The zero-order valence-electron chi connectivity index (χ0n) is 9.65. The molecule has 2 aromatic rings. The van der Waals surface area contributed by atoms with Crippen molar-refractivity contribution in [2.45, 2.75) is 0 Å². The van der Waals surface area contributed by atoms with Crippen LogP contribution in [0.5, 0.6) is 0 Å². The summed E-state index contributed by atoms with van der Waals surface area (Å²) in [6.45, 7) is 0. The number of anilines is 1. The topological polar surface area (TPSA) is 80.4 Å². The minimum atomic E-state index is -0.446. The normalized spacial score (nSPS) is 11.1. The van der Waals surface area contributed by atoms with Gasteiger partial charge in [0, 0.05) is 30.1 Å². The lowest BCUT2D eigenvalue weighted by molar-refractivity contribution is -0.384. The zero-order chi connectivity index (χ0) is 13.7. The number of hydrogen-bond donors (Lipinski definition) is 1. The van der Waals surface area contributed by atoms with Gasteiger partial charge in [-0.3, -0.25) is 20.5 Å². The Labute approximate surface area is 117 Å². The van der Waals surface area contributed by atoms with E-state index in [1.165, 1.54) is 12.1 Å². The van der Waals surface area contributed by atoms with Crippen LogP contribution >= 0.6 is 15.9 Å². The molecule has 7 heteroatoms. The molecule has 0 atom stereocenters. The Bertz CT molecular complexity index is 599. The van der Waals surface area contributed by atoms with Gasteiger partial charge in [-0.1, -0.05) is 0 Å². The summed E-state index contributed by atoms with van der Waals surface area (Å²) < 4.78 is 0.596. The molecule has 0 radical (unpaired) electrons. The monoisotopic (exact) mass is 320 g/mol. The van der Waals surface area contributed by atoms with Gasteiger partial charge < -0.3 is 0 Å². The van der Waals surface area contributed by atoms with Crippen LogP contribution in [-0.2, 0) is 0 Å². The van der Waals surface area contributed by atoms with Crippen molar-refractivity contribution in [1.82, 2.24) is 4.98 Å². The second kappa shape index (κ2) is 6.05. The number of nitro benzene ring substituents is 1. The molecule has 0 fully saturated rings. The Hall–Kier alpha value is -2.28. The van der Waals surface area contributed by atoms with Crippen molar-refractivity contribution < 1.29 is 4.92 Å². The standard InChI is InChI=1S/C12H9BrN4O2/c13-12(9-2-1-7-14-8-9)16-15-10-3-5-11(6-4-10)17(18)19/h1-8,15H/b16-12-. The van der Waals surface area contributed by atoms with Gasteiger partial charge >= 0.3 is 0 Å². The second-order valence-electron chi connectivity index (χ2n) is 3.56. The fraction of sp³-hybridized carbons (Fsp3) is 0. The lowest BCUT2D eigenvalue weighted by Gasteiger charge is -2.01. The van der Waals surface area contributed by atoms with Crippen LogP contribution in [0.15, 0.2) is 53.9 Å². The summed E-state index contributed by atoms with van der Waals surface area (Å²) in [5.74, 6) is 0. The van der Waals surface area contributed by atoms with E-state index < -0.39 is 4.92 Å². The molecule has 6 nitrogen and oxygen atoms in total. The molecule has 2 rings (SSSR count). The number of nitrogens with one attached hydrogen (secondary N) is 1. The van der Waals surface area contributed by atoms with Crippen LogP contribution in [0, 0.1) is 10.1 Å². The Morgan fingerprint density at radius 1 is 1.32 bits per heavy atom. The van der Waals surface area contributed by atoms with Gasteiger partial charge in [0.15, 0.2) is 0 Å². The van der Waals surface area contributed by atoms with Crippen molar-refractivity contribution in [2.75, 3.05) is 5.43 Å². The molecule has 1 aromatic carbocycles. The first-order chi connectivity index (χ1) is 9.16. The highest BCUT2D eigenvalue weighted by Crippen LogP contribution is 2.16. The van der Waals surface area contributed by atoms with Crippen LogP contribution in [0.2, 0.25) is 0 Å². The smallest absolute Gasteiger partial charge is 0.269 e. The van der Waals surface area contributed by atoms with Gasteiger partial charge in [-0.25, -0.2) is 0 Å². The molecule has 0 spiro atoms. The van der Waals surface area contributed by atoms with E-state index in [2.05, 4.69) is 31.4 Å². The van der Waals surface area contributed by atoms with Gasteiger partial charge in [0.1, 0.15) is 4.62 Å². The van der Waals surface area contributed by atoms with E-state index >= 15 is 0 Å². The molecule has 19 heavy (non-hydrogen) atoms. The third kappa shape index (κ3) is 3.59. The van der Waals surface area contributed by atoms with Crippen molar-refractivity contribution in [3.8, 4) is 0 Å². The number of pyridine rings is 1. The minimum absolute atomic E-state index is 0.0425. The molecule has 0 aliphatic heterocycles. The third-order valence-electron chi connectivity index (χ3n) is 2.26. The predicted molar refractivity (Wildman–Crippen MR) is 76.4 cm³/mol. The zero-order valence-corrected chi connectivity index (χ0v) is 11.2. The van der Waals surface area contributed by atoms with Gasteiger partial charge in [0.2, 0.25) is 0 Å². The molecule has 0 unspecified atom stereocenters. The molecular weight excluding hydrogens is 312 g/mol. The van der Waals surface area contributed by atoms with Gasteiger partial charge in [0.25, 0.3) is 5.69 Å². The van der Waals surface area contributed by atoms with Crippen molar-refractivity contribution in [1.29, 1.82) is 0 Å². The molecular formula is C12H9BrN4O2. The van der Waals surface area contributed by atoms with E-state index in [4.69, 9.17) is 0 Å². The van der Waals surface area contributed by atoms with Crippen LogP contribution in [-0.4, -0.2) is 14.5 Å². The maximum absolute atomic E-state index is 10.5. The maximum Gasteiger partial charge on any atom is 0.269 e. The lowest BCUT2D eigenvalue weighted by atomic mass is 10.3. The van der Waals surface area contributed by atoms with E-state index in [1.54, 1.807) is 30.6 Å². The first-order valence-electron chi connectivity index (χ1n) is 5.31. The predicted octanol–water partition coefficient (Wildman–Crippen LogP) is 3.16. The number of nitrogens with zero attached hydrogens (tertiary/aromatic N) is 3. The molecule has 0 bridgehead atoms. The molecule has 0 aliphatic carbocycles. The number of halogens is 1. The van der Waals surface area contributed by atoms with E-state index in [0.29, 0.717) is 10.3 Å². The average molecular weight is 321 g/mol. The fourth-order valence-electron chi connectivity index (χ4n) is 1.32. The highest BCUT2D eigenvalue weighted by atomic mass is 79.9. The van der Waals surface area contributed by atoms with Crippen molar-refractivity contribution >= 4 is 31.9 Å². The van der Waals surface area contributed by atoms with Gasteiger partial charge in [0.05, 0.1) is 10.6 Å². The van der Waals surface area contributed by atoms with Crippen LogP contribution in [0.25, 0.3) is 0 Å². The summed E-state index contributed by atoms with van der Waals surface area (Å²) in [7, 11) is 0. The maximum atomic E-state index is 10.5. The quantitative estimate of drug-likeness (QED) is 0.533. The van der Waals surface area contributed by atoms with Crippen LogP contribution in [0.4, 0.5) is 11.4 Å². The SMILES string of the molecule is O=[N+]([O-])c1ccc(N/N=C(\Br)c2cccnc2)cc1. The number of hydrogen-bond acceptors (Lipinski definition) is 5. The Balaban J connectivity index is 2.08. The minimum Gasteiger partial charge on any atom is -0.277 e. The van der Waals surface area contributed by atoms with Crippen molar-refractivity contribution in [3.63, 3.8) is 0 Å². The van der Waals surface area contributed by atoms with E-state index in [-0.39, 0.29) is 5.69 Å². The fourth-order valence-corrected chi connectivity index (χ4v) is 1.64. The number of non-ortho nitro benzene ring substituents is 1. The summed E-state index contributed by atoms with van der Waals surface area (Å²) in [5.41, 5.74) is 4.33. The molecule has 96 valence electrons. The summed E-state index contributed by atoms with van der Waals surface area (Å²) in [4.78, 5) is 14.0. The van der Waals surface area contributed by atoms with Gasteiger partial charge in [-0.15, -0.1) is 0 Å². The lowest BCUT2D eigenvalue weighted by Crippen LogP contribution is -1.97. The van der Waals surface area contributed by atoms with Gasteiger partial charge in [-0.05, 0) is 40.2 Å². The largest absolute Gasteiger partial charge is 0.277 e. The van der Waals surface area contributed by atoms with Crippen molar-refractivity contribution in [2.24, 2.45) is 5.10 Å². The van der Waals surface area contributed by atoms with Gasteiger partial charge in [-0.2, -0.15) is 5.10 Å². The Morgan fingerprint density at radius 3 is 2.63 bits per heavy atom. The van der Waals surface area contributed by atoms with E-state index in [9.17, 15) is 10.1 Å². The summed E-state index contributed by atoms with van der Waals surface area (Å²) >= 11 is 3.32.